The molecular formula is C12H12N2O2. The normalized spacial score (nSPS) is 10.3. The second-order valence-electron chi connectivity index (χ2n) is 3.40. The molecule has 4 nitrogen and oxygen atoms in total. The molecule has 0 saturated carbocycles. The van der Waals surface area contributed by atoms with Gasteiger partial charge in [-0.3, -0.25) is 4.79 Å². The summed E-state index contributed by atoms with van der Waals surface area (Å²) in [4.78, 5) is 11.4. The topological polar surface area (TPSA) is 55.1 Å². The van der Waals surface area contributed by atoms with E-state index in [-0.39, 0.29) is 11.3 Å². The molecule has 0 atom stereocenters. The van der Waals surface area contributed by atoms with Gasteiger partial charge in [-0.05, 0) is 6.92 Å². The van der Waals surface area contributed by atoms with E-state index in [1.54, 1.807) is 0 Å². The summed E-state index contributed by atoms with van der Waals surface area (Å²) in [6.45, 7) is 2.32. The van der Waals surface area contributed by atoms with Gasteiger partial charge in [0.2, 0.25) is 0 Å². The van der Waals surface area contributed by atoms with Gasteiger partial charge in [-0.25, -0.2) is 4.68 Å². The highest BCUT2D eigenvalue weighted by molar-refractivity contribution is 5.64. The molecule has 1 aromatic heterocycles. The smallest absolute Gasteiger partial charge is 0.270 e. The molecule has 82 valence electrons. The summed E-state index contributed by atoms with van der Waals surface area (Å²) in [5, 5.41) is 13.8. The van der Waals surface area contributed by atoms with E-state index in [0.717, 1.165) is 5.56 Å². The lowest BCUT2D eigenvalue weighted by molar-refractivity contribution is 0.464. The molecule has 0 fully saturated rings. The number of hydrogen-bond acceptors (Lipinski definition) is 3. The summed E-state index contributed by atoms with van der Waals surface area (Å²) < 4.78 is 1.32. The molecule has 2 aromatic rings. The van der Waals surface area contributed by atoms with Crippen molar-refractivity contribution in [3.63, 3.8) is 0 Å². The van der Waals surface area contributed by atoms with Crippen molar-refractivity contribution in [1.29, 1.82) is 0 Å². The van der Waals surface area contributed by atoms with Crippen molar-refractivity contribution in [2.45, 2.75) is 13.5 Å². The second kappa shape index (κ2) is 4.18. The van der Waals surface area contributed by atoms with Crippen LogP contribution in [0.15, 0.2) is 41.2 Å². The van der Waals surface area contributed by atoms with Gasteiger partial charge < -0.3 is 5.11 Å². The van der Waals surface area contributed by atoms with Gasteiger partial charge in [0, 0.05) is 18.2 Å². The maximum Gasteiger partial charge on any atom is 0.270 e. The lowest BCUT2D eigenvalue weighted by Gasteiger charge is -2.06. The van der Waals surface area contributed by atoms with Crippen molar-refractivity contribution in [1.82, 2.24) is 9.78 Å². The monoisotopic (exact) mass is 216 g/mol. The van der Waals surface area contributed by atoms with E-state index in [2.05, 4.69) is 5.10 Å². The fraction of sp³-hybridized carbons (Fsp3) is 0.167. The molecular weight excluding hydrogens is 204 g/mol. The summed E-state index contributed by atoms with van der Waals surface area (Å²) in [5.74, 6) is -0.0825. The quantitative estimate of drug-likeness (QED) is 0.830. The number of aromatic hydroxyl groups is 1. The summed E-state index contributed by atoms with van der Waals surface area (Å²) in [6, 6.07) is 10.5. The third kappa shape index (κ3) is 1.82. The molecule has 4 heteroatoms. The number of aromatic nitrogens is 2. The van der Waals surface area contributed by atoms with Crippen LogP contribution in [0, 0.1) is 0 Å². The Hall–Kier alpha value is -2.10. The standard InChI is InChI=1S/C12H12N2O2/c1-2-14-11(16)8-10(15)12(13-14)9-6-4-3-5-7-9/h3-8,15H,2H2,1H3. The Morgan fingerprint density at radius 1 is 1.31 bits per heavy atom. The van der Waals surface area contributed by atoms with E-state index < -0.39 is 0 Å². The van der Waals surface area contributed by atoms with Crippen LogP contribution in [0.5, 0.6) is 5.75 Å². The number of rotatable bonds is 2. The highest BCUT2D eigenvalue weighted by atomic mass is 16.3. The Morgan fingerprint density at radius 3 is 2.62 bits per heavy atom. The van der Waals surface area contributed by atoms with Gasteiger partial charge in [0.1, 0.15) is 11.4 Å². The Morgan fingerprint density at radius 2 is 2.00 bits per heavy atom. The highest BCUT2D eigenvalue weighted by Gasteiger charge is 2.08. The van der Waals surface area contributed by atoms with E-state index in [9.17, 15) is 9.90 Å². The van der Waals surface area contributed by atoms with E-state index >= 15 is 0 Å². The van der Waals surface area contributed by atoms with E-state index in [0.29, 0.717) is 12.2 Å². The minimum atomic E-state index is -0.292. The van der Waals surface area contributed by atoms with Gasteiger partial charge in [0.05, 0.1) is 0 Å². The molecule has 1 heterocycles. The van der Waals surface area contributed by atoms with Crippen molar-refractivity contribution in [2.24, 2.45) is 0 Å². The van der Waals surface area contributed by atoms with Gasteiger partial charge >= 0.3 is 0 Å². The first kappa shape index (κ1) is 10.4. The van der Waals surface area contributed by atoms with Crippen molar-refractivity contribution in [3.8, 4) is 17.0 Å². The van der Waals surface area contributed by atoms with Crippen LogP contribution < -0.4 is 5.56 Å². The maximum atomic E-state index is 11.4. The lowest BCUT2D eigenvalue weighted by Crippen LogP contribution is -2.21. The number of hydrogen-bond donors (Lipinski definition) is 1. The Bertz CT molecular complexity index is 547. The molecule has 0 aliphatic carbocycles. The summed E-state index contributed by atoms with van der Waals surface area (Å²) >= 11 is 0. The van der Waals surface area contributed by atoms with Gasteiger partial charge in [0.25, 0.3) is 5.56 Å². The zero-order valence-corrected chi connectivity index (χ0v) is 8.92. The Balaban J connectivity index is 2.62. The molecule has 1 N–H and O–H groups in total. The van der Waals surface area contributed by atoms with Crippen LogP contribution in [0.3, 0.4) is 0 Å². The first-order valence-electron chi connectivity index (χ1n) is 5.09. The summed E-state index contributed by atoms with van der Waals surface area (Å²) in [7, 11) is 0. The van der Waals surface area contributed by atoms with Crippen LogP contribution in [-0.4, -0.2) is 14.9 Å². The molecule has 0 radical (unpaired) electrons. The van der Waals surface area contributed by atoms with Crippen LogP contribution >= 0.6 is 0 Å². The van der Waals surface area contributed by atoms with Crippen LogP contribution in [-0.2, 0) is 6.54 Å². The highest BCUT2D eigenvalue weighted by Crippen LogP contribution is 2.24. The first-order valence-corrected chi connectivity index (χ1v) is 5.09. The van der Waals surface area contributed by atoms with Crippen molar-refractivity contribution >= 4 is 0 Å². The van der Waals surface area contributed by atoms with E-state index in [1.807, 2.05) is 37.3 Å². The minimum Gasteiger partial charge on any atom is -0.505 e. The molecule has 16 heavy (non-hydrogen) atoms. The van der Waals surface area contributed by atoms with Gasteiger partial charge in [-0.1, -0.05) is 30.3 Å². The molecule has 0 bridgehead atoms. The van der Waals surface area contributed by atoms with Gasteiger partial charge in [-0.15, -0.1) is 0 Å². The largest absolute Gasteiger partial charge is 0.505 e. The van der Waals surface area contributed by atoms with Crippen molar-refractivity contribution in [3.05, 3.63) is 46.8 Å². The number of benzene rings is 1. The zero-order valence-electron chi connectivity index (χ0n) is 8.92. The molecule has 0 amide bonds. The Kier molecular flexibility index (Phi) is 2.72. The predicted octanol–water partition coefficient (Wildman–Crippen LogP) is 1.64. The average Bonchev–Trinajstić information content (AvgIpc) is 2.30. The fourth-order valence-electron chi connectivity index (χ4n) is 1.51. The number of nitrogens with zero attached hydrogens (tertiary/aromatic N) is 2. The fourth-order valence-corrected chi connectivity index (χ4v) is 1.51. The third-order valence-electron chi connectivity index (χ3n) is 2.32. The molecule has 1 aromatic carbocycles. The molecule has 0 saturated heterocycles. The maximum absolute atomic E-state index is 11.4. The third-order valence-corrected chi connectivity index (χ3v) is 2.32. The van der Waals surface area contributed by atoms with Gasteiger partial charge in [0.15, 0.2) is 0 Å². The predicted molar refractivity (Wildman–Crippen MR) is 61.3 cm³/mol. The SMILES string of the molecule is CCn1nc(-c2ccccc2)c(O)cc1=O. The molecule has 0 unspecified atom stereocenters. The molecule has 2 rings (SSSR count). The Labute approximate surface area is 92.8 Å². The van der Waals surface area contributed by atoms with Gasteiger partial charge in [-0.2, -0.15) is 5.10 Å². The van der Waals surface area contributed by atoms with Crippen molar-refractivity contribution in [2.75, 3.05) is 0 Å². The van der Waals surface area contributed by atoms with Crippen LogP contribution in [0.25, 0.3) is 11.3 Å². The van der Waals surface area contributed by atoms with Crippen LogP contribution in [0.1, 0.15) is 6.92 Å². The number of aryl methyl sites for hydroxylation is 1. The lowest BCUT2D eigenvalue weighted by atomic mass is 10.1. The zero-order chi connectivity index (χ0) is 11.5. The molecule has 0 aliphatic rings. The van der Waals surface area contributed by atoms with Crippen LogP contribution in [0.2, 0.25) is 0 Å². The molecule has 0 spiro atoms. The average molecular weight is 216 g/mol. The first-order chi connectivity index (χ1) is 7.72. The van der Waals surface area contributed by atoms with Crippen LogP contribution in [0.4, 0.5) is 0 Å². The van der Waals surface area contributed by atoms with Crippen molar-refractivity contribution < 1.29 is 5.11 Å². The summed E-state index contributed by atoms with van der Waals surface area (Å²) in [5.41, 5.74) is 0.934. The van der Waals surface area contributed by atoms with E-state index in [4.69, 9.17) is 0 Å². The second-order valence-corrected chi connectivity index (χ2v) is 3.40. The molecule has 0 aliphatic heterocycles. The van der Waals surface area contributed by atoms with E-state index in [1.165, 1.54) is 10.7 Å². The minimum absolute atomic E-state index is 0.0825. The summed E-state index contributed by atoms with van der Waals surface area (Å²) in [6.07, 6.45) is 0.